The number of carbonyl (C=O) groups excluding carboxylic acids is 1. The number of thiophene rings is 1. The first-order valence-electron chi connectivity index (χ1n) is 4.78. The summed E-state index contributed by atoms with van der Waals surface area (Å²) in [4.78, 5) is 14.2. The van der Waals surface area contributed by atoms with E-state index in [4.69, 9.17) is 4.74 Å². The highest BCUT2D eigenvalue weighted by Gasteiger charge is 2.07. The number of Topliss-reactive ketones (excluding diaryl/α,β-unsaturated/α-hetero) is 1. The number of rotatable bonds is 1. The molecule has 1 aromatic heterocycles. The van der Waals surface area contributed by atoms with Gasteiger partial charge in [0.25, 0.3) is 0 Å². The lowest BCUT2D eigenvalue weighted by Gasteiger charge is -2.22. The molecule has 1 aromatic rings. The van der Waals surface area contributed by atoms with Crippen LogP contribution in [0.15, 0.2) is 17.5 Å². The smallest absolute Gasteiger partial charge is 0.247 e. The van der Waals surface area contributed by atoms with Gasteiger partial charge in [-0.05, 0) is 11.4 Å². The Balaban J connectivity index is 1.96. The number of morpholine rings is 1. The quantitative estimate of drug-likeness (QED) is 0.527. The van der Waals surface area contributed by atoms with Crippen molar-refractivity contribution in [1.82, 2.24) is 4.90 Å². The average molecular weight is 221 g/mol. The zero-order valence-electron chi connectivity index (χ0n) is 8.23. The predicted molar refractivity (Wildman–Crippen MR) is 58.8 cm³/mol. The number of nitrogens with zero attached hydrogens (tertiary/aromatic N) is 1. The van der Waals surface area contributed by atoms with E-state index >= 15 is 0 Å². The van der Waals surface area contributed by atoms with E-state index < -0.39 is 0 Å². The summed E-state index contributed by atoms with van der Waals surface area (Å²) >= 11 is 1.42. The van der Waals surface area contributed by atoms with E-state index in [2.05, 4.69) is 12.0 Å². The van der Waals surface area contributed by atoms with E-state index in [1.807, 2.05) is 16.3 Å². The first-order valence-corrected chi connectivity index (χ1v) is 5.66. The SMILES string of the molecule is O=C(C#CN1CCOCC1)c1cccs1. The summed E-state index contributed by atoms with van der Waals surface area (Å²) < 4.78 is 5.19. The minimum Gasteiger partial charge on any atom is -0.378 e. The molecule has 0 bridgehead atoms. The van der Waals surface area contributed by atoms with Crippen molar-refractivity contribution in [3.05, 3.63) is 22.4 Å². The van der Waals surface area contributed by atoms with Gasteiger partial charge in [-0.2, -0.15) is 0 Å². The summed E-state index contributed by atoms with van der Waals surface area (Å²) in [7, 11) is 0. The van der Waals surface area contributed by atoms with Crippen molar-refractivity contribution in [3.63, 3.8) is 0 Å². The molecule has 0 spiro atoms. The second-order valence-corrected chi connectivity index (χ2v) is 4.09. The number of ether oxygens (including phenoxy) is 1. The molecule has 1 fully saturated rings. The maximum Gasteiger partial charge on any atom is 0.247 e. The molecule has 1 saturated heterocycles. The van der Waals surface area contributed by atoms with Crippen molar-refractivity contribution >= 4 is 17.1 Å². The molecule has 0 N–H and O–H groups in total. The number of hydrogen-bond donors (Lipinski definition) is 0. The van der Waals surface area contributed by atoms with Crippen molar-refractivity contribution in [2.75, 3.05) is 26.3 Å². The molecular formula is C11H11NO2S. The third-order valence-electron chi connectivity index (χ3n) is 2.08. The Labute approximate surface area is 92.7 Å². The molecule has 0 aliphatic carbocycles. The topological polar surface area (TPSA) is 29.5 Å². The van der Waals surface area contributed by atoms with E-state index in [1.54, 1.807) is 6.07 Å². The maximum absolute atomic E-state index is 11.5. The van der Waals surface area contributed by atoms with E-state index in [1.165, 1.54) is 11.3 Å². The molecule has 0 radical (unpaired) electrons. The first kappa shape index (κ1) is 10.2. The fourth-order valence-corrected chi connectivity index (χ4v) is 1.89. The van der Waals surface area contributed by atoms with Crippen molar-refractivity contribution in [2.24, 2.45) is 0 Å². The van der Waals surface area contributed by atoms with Crippen LogP contribution < -0.4 is 0 Å². The molecule has 15 heavy (non-hydrogen) atoms. The number of hydrogen-bond acceptors (Lipinski definition) is 4. The van der Waals surface area contributed by atoms with E-state index in [-0.39, 0.29) is 5.78 Å². The summed E-state index contributed by atoms with van der Waals surface area (Å²) in [5.41, 5.74) is 0. The number of carbonyl (C=O) groups is 1. The van der Waals surface area contributed by atoms with Crippen LogP contribution in [0.2, 0.25) is 0 Å². The largest absolute Gasteiger partial charge is 0.378 e. The van der Waals surface area contributed by atoms with Crippen LogP contribution in [-0.2, 0) is 4.74 Å². The van der Waals surface area contributed by atoms with E-state index in [0.717, 1.165) is 13.1 Å². The Kier molecular flexibility index (Phi) is 3.38. The Morgan fingerprint density at radius 1 is 1.47 bits per heavy atom. The normalized spacial score (nSPS) is 15.6. The zero-order chi connectivity index (χ0) is 10.5. The third-order valence-corrected chi connectivity index (χ3v) is 2.95. The summed E-state index contributed by atoms with van der Waals surface area (Å²) in [5.74, 6) is 2.55. The molecule has 0 amide bonds. The molecule has 0 unspecified atom stereocenters. The van der Waals surface area contributed by atoms with E-state index in [9.17, 15) is 4.79 Å². The summed E-state index contributed by atoms with van der Waals surface area (Å²) in [6.45, 7) is 2.96. The predicted octanol–water partition coefficient (Wildman–Crippen LogP) is 1.22. The van der Waals surface area contributed by atoms with Gasteiger partial charge in [-0.25, -0.2) is 0 Å². The van der Waals surface area contributed by atoms with Crippen LogP contribution in [0.3, 0.4) is 0 Å². The summed E-state index contributed by atoms with van der Waals surface area (Å²) in [6, 6.07) is 6.52. The average Bonchev–Trinajstić information content (AvgIpc) is 2.81. The van der Waals surface area contributed by atoms with Gasteiger partial charge in [0.1, 0.15) is 0 Å². The molecule has 2 rings (SSSR count). The van der Waals surface area contributed by atoms with Crippen LogP contribution in [0, 0.1) is 12.0 Å². The molecule has 2 heterocycles. The van der Waals surface area contributed by atoms with Gasteiger partial charge in [0, 0.05) is 25.1 Å². The molecule has 0 atom stereocenters. The second kappa shape index (κ2) is 4.96. The fraction of sp³-hybridized carbons (Fsp3) is 0.364. The first-order chi connectivity index (χ1) is 7.36. The molecule has 3 nitrogen and oxygen atoms in total. The lowest BCUT2D eigenvalue weighted by Crippen LogP contribution is -2.32. The summed E-state index contributed by atoms with van der Waals surface area (Å²) in [5, 5.41) is 1.88. The van der Waals surface area contributed by atoms with Gasteiger partial charge in [0.2, 0.25) is 5.78 Å². The zero-order valence-corrected chi connectivity index (χ0v) is 9.05. The van der Waals surface area contributed by atoms with Gasteiger partial charge in [-0.15, -0.1) is 11.3 Å². The van der Waals surface area contributed by atoms with Crippen LogP contribution >= 0.6 is 11.3 Å². The summed E-state index contributed by atoms with van der Waals surface area (Å²) in [6.07, 6.45) is 0. The van der Waals surface area contributed by atoms with Crippen molar-refractivity contribution in [3.8, 4) is 12.0 Å². The Bertz CT molecular complexity index is 382. The third kappa shape index (κ3) is 2.82. The highest BCUT2D eigenvalue weighted by atomic mass is 32.1. The van der Waals surface area contributed by atoms with Crippen LogP contribution in [0.4, 0.5) is 0 Å². The lowest BCUT2D eigenvalue weighted by molar-refractivity contribution is 0.0637. The standard InChI is InChI=1S/C11H11NO2S/c13-10(11-2-1-9-15-11)3-4-12-5-7-14-8-6-12/h1-2,9H,5-8H2. The molecule has 1 aliphatic heterocycles. The highest BCUT2D eigenvalue weighted by molar-refractivity contribution is 7.12. The molecular weight excluding hydrogens is 210 g/mol. The minimum absolute atomic E-state index is 0.100. The van der Waals surface area contributed by atoms with Crippen molar-refractivity contribution in [1.29, 1.82) is 0 Å². The van der Waals surface area contributed by atoms with Gasteiger partial charge >= 0.3 is 0 Å². The Hall–Kier alpha value is -1.31. The Morgan fingerprint density at radius 2 is 2.27 bits per heavy atom. The van der Waals surface area contributed by atoms with Crippen molar-refractivity contribution < 1.29 is 9.53 Å². The molecule has 1 aliphatic rings. The fourth-order valence-electron chi connectivity index (χ4n) is 1.27. The molecule has 78 valence electrons. The van der Waals surface area contributed by atoms with Gasteiger partial charge in [-0.3, -0.25) is 4.79 Å². The monoisotopic (exact) mass is 221 g/mol. The lowest BCUT2D eigenvalue weighted by atomic mass is 10.3. The minimum atomic E-state index is -0.100. The molecule has 4 heteroatoms. The molecule has 0 saturated carbocycles. The van der Waals surface area contributed by atoms with E-state index in [0.29, 0.717) is 18.1 Å². The van der Waals surface area contributed by atoms with Crippen molar-refractivity contribution in [2.45, 2.75) is 0 Å². The van der Waals surface area contributed by atoms with Crippen LogP contribution in [0.1, 0.15) is 9.67 Å². The highest BCUT2D eigenvalue weighted by Crippen LogP contribution is 2.08. The van der Waals surface area contributed by atoms with Gasteiger partial charge in [-0.1, -0.05) is 6.07 Å². The van der Waals surface area contributed by atoms with Gasteiger partial charge < -0.3 is 9.64 Å². The van der Waals surface area contributed by atoms with Crippen LogP contribution in [-0.4, -0.2) is 37.0 Å². The Morgan fingerprint density at radius 3 is 2.93 bits per heavy atom. The van der Waals surface area contributed by atoms with Gasteiger partial charge in [0.15, 0.2) is 0 Å². The maximum atomic E-state index is 11.5. The molecule has 0 aromatic carbocycles. The van der Waals surface area contributed by atoms with Crippen LogP contribution in [0.5, 0.6) is 0 Å². The number of ketones is 1. The van der Waals surface area contributed by atoms with Crippen LogP contribution in [0.25, 0.3) is 0 Å². The second-order valence-electron chi connectivity index (χ2n) is 3.14. The van der Waals surface area contributed by atoms with Gasteiger partial charge in [0.05, 0.1) is 18.1 Å².